The van der Waals surface area contributed by atoms with Crippen molar-refractivity contribution in [3.05, 3.63) is 35.9 Å². The number of benzene rings is 1. The maximum absolute atomic E-state index is 12.3. The average Bonchev–Trinajstić information content (AvgIpc) is 2.42. The molecule has 0 saturated heterocycles. The molecule has 0 aliphatic heterocycles. The van der Waals surface area contributed by atoms with Crippen LogP contribution in [0.5, 0.6) is 0 Å². The number of alkyl carbamates (subject to hydrolysis) is 1. The van der Waals surface area contributed by atoms with Crippen molar-refractivity contribution in [1.29, 1.82) is 0 Å². The van der Waals surface area contributed by atoms with Crippen LogP contribution < -0.4 is 5.32 Å². The van der Waals surface area contributed by atoms with Gasteiger partial charge in [-0.05, 0) is 38.7 Å². The fourth-order valence-corrected chi connectivity index (χ4v) is 1.96. The summed E-state index contributed by atoms with van der Waals surface area (Å²) in [5, 5.41) is 2.61. The van der Waals surface area contributed by atoms with E-state index in [0.29, 0.717) is 6.42 Å². The van der Waals surface area contributed by atoms with Crippen LogP contribution in [0.2, 0.25) is 0 Å². The van der Waals surface area contributed by atoms with Crippen LogP contribution in [0.4, 0.5) is 4.79 Å². The van der Waals surface area contributed by atoms with E-state index in [9.17, 15) is 9.59 Å². The van der Waals surface area contributed by atoms with E-state index in [4.69, 9.17) is 9.47 Å². The third kappa shape index (κ3) is 9.45. The molecule has 1 rings (SSSR count). The summed E-state index contributed by atoms with van der Waals surface area (Å²) in [6.07, 6.45) is -0.118. The Balaban J connectivity index is 0.00000529. The zero-order valence-electron chi connectivity index (χ0n) is 15.1. The molecule has 0 aromatic heterocycles. The van der Waals surface area contributed by atoms with Gasteiger partial charge in [0.1, 0.15) is 18.2 Å². The lowest BCUT2D eigenvalue weighted by Gasteiger charge is -2.23. The first kappa shape index (κ1) is 22.3. The maximum atomic E-state index is 12.3. The van der Waals surface area contributed by atoms with E-state index in [2.05, 4.69) is 5.32 Å². The van der Waals surface area contributed by atoms with Gasteiger partial charge in [0, 0.05) is 0 Å². The molecule has 1 atom stereocenters. The highest BCUT2D eigenvalue weighted by Crippen LogP contribution is 2.11. The van der Waals surface area contributed by atoms with E-state index >= 15 is 0 Å². The summed E-state index contributed by atoms with van der Waals surface area (Å²) in [7, 11) is 0. The van der Waals surface area contributed by atoms with Crippen LogP contribution in [0, 0.1) is 5.92 Å². The number of amides is 1. The lowest BCUT2D eigenvalue weighted by atomic mass is 10.0. The fraction of sp³-hybridized carbons (Fsp3) is 0.556. The maximum Gasteiger partial charge on any atom is 0.408 e. The Hall–Kier alpha value is -1.69. The van der Waals surface area contributed by atoms with Crippen LogP contribution in [0.25, 0.3) is 0 Å². The molecule has 1 aromatic carbocycles. The molecule has 0 aliphatic rings. The summed E-state index contributed by atoms with van der Waals surface area (Å²) in [6.45, 7) is 9.47. The van der Waals surface area contributed by atoms with E-state index in [0.717, 1.165) is 5.56 Å². The summed E-state index contributed by atoms with van der Waals surface area (Å²) in [6, 6.07) is 8.71. The molecule has 24 heavy (non-hydrogen) atoms. The van der Waals surface area contributed by atoms with Gasteiger partial charge in [0.2, 0.25) is 0 Å². The molecule has 1 amide bonds. The van der Waals surface area contributed by atoms with Crippen molar-refractivity contribution < 1.29 is 19.1 Å². The molecule has 0 heterocycles. The zero-order chi connectivity index (χ0) is 17.5. The van der Waals surface area contributed by atoms with Crippen molar-refractivity contribution in [2.75, 3.05) is 0 Å². The smallest absolute Gasteiger partial charge is 0.408 e. The van der Waals surface area contributed by atoms with Crippen molar-refractivity contribution >= 4 is 25.6 Å². The van der Waals surface area contributed by atoms with E-state index in [1.54, 1.807) is 20.8 Å². The first-order valence-electron chi connectivity index (χ1n) is 7.87. The van der Waals surface area contributed by atoms with Crippen molar-refractivity contribution in [1.82, 2.24) is 5.32 Å². The molecule has 0 bridgehead atoms. The van der Waals surface area contributed by atoms with Crippen LogP contribution in [0.1, 0.15) is 46.6 Å². The molecule has 5 nitrogen and oxygen atoms in total. The molecular formula is C18H29NO4S. The molecule has 0 spiro atoms. The normalized spacial score (nSPS) is 12.1. The van der Waals surface area contributed by atoms with E-state index < -0.39 is 23.7 Å². The molecule has 136 valence electrons. The lowest BCUT2D eigenvalue weighted by Crippen LogP contribution is -2.44. The number of esters is 1. The second-order valence-electron chi connectivity index (χ2n) is 6.92. The topological polar surface area (TPSA) is 64.6 Å². The fourth-order valence-electron chi connectivity index (χ4n) is 1.96. The van der Waals surface area contributed by atoms with Gasteiger partial charge < -0.3 is 14.8 Å². The van der Waals surface area contributed by atoms with Gasteiger partial charge in [0.15, 0.2) is 0 Å². The summed E-state index contributed by atoms with van der Waals surface area (Å²) in [5.74, 6) is -0.215. The first-order valence-corrected chi connectivity index (χ1v) is 7.87. The molecule has 0 saturated carbocycles. The van der Waals surface area contributed by atoms with Crippen molar-refractivity contribution in [2.24, 2.45) is 5.92 Å². The number of hydrogen-bond donors (Lipinski definition) is 1. The quantitative estimate of drug-likeness (QED) is 0.789. The monoisotopic (exact) mass is 355 g/mol. The summed E-state index contributed by atoms with van der Waals surface area (Å²) >= 11 is 0. The summed E-state index contributed by atoms with van der Waals surface area (Å²) in [5.41, 5.74) is 0.293. The van der Waals surface area contributed by atoms with Gasteiger partial charge in [-0.25, -0.2) is 9.59 Å². The lowest BCUT2D eigenvalue weighted by molar-refractivity contribution is -0.148. The second-order valence-corrected chi connectivity index (χ2v) is 6.92. The third-order valence-electron chi connectivity index (χ3n) is 2.91. The Kier molecular flexibility index (Phi) is 9.51. The van der Waals surface area contributed by atoms with Crippen molar-refractivity contribution in [3.8, 4) is 0 Å². The largest absolute Gasteiger partial charge is 0.459 e. The van der Waals surface area contributed by atoms with Crippen LogP contribution in [0.15, 0.2) is 30.3 Å². The second kappa shape index (κ2) is 10.2. The molecule has 0 radical (unpaired) electrons. The summed E-state index contributed by atoms with van der Waals surface area (Å²) in [4.78, 5) is 24.1. The molecule has 0 unspecified atom stereocenters. The van der Waals surface area contributed by atoms with Gasteiger partial charge in [0.25, 0.3) is 0 Å². The van der Waals surface area contributed by atoms with Gasteiger partial charge >= 0.3 is 12.1 Å². The number of rotatable bonds is 6. The number of hydrogen-bond acceptors (Lipinski definition) is 4. The van der Waals surface area contributed by atoms with Crippen LogP contribution in [-0.4, -0.2) is 23.7 Å². The van der Waals surface area contributed by atoms with E-state index in [-0.39, 0.29) is 26.0 Å². The molecule has 1 N–H and O–H groups in total. The Morgan fingerprint density at radius 2 is 1.71 bits per heavy atom. The molecule has 6 heteroatoms. The highest BCUT2D eigenvalue weighted by Gasteiger charge is 2.26. The zero-order valence-corrected chi connectivity index (χ0v) is 16.1. The predicted octanol–water partition coefficient (Wildman–Crippen LogP) is 3.78. The molecule has 0 aliphatic carbocycles. The SMILES string of the molecule is CC(C)C[C@H](NC(=O)OC(C)(C)C)C(=O)OCc1ccccc1.S. The van der Waals surface area contributed by atoms with Crippen molar-refractivity contribution in [3.63, 3.8) is 0 Å². The standard InChI is InChI=1S/C18H27NO4.H2S/c1-13(2)11-15(19-17(21)23-18(3,4)5)16(20)22-12-14-9-7-6-8-10-14;/h6-10,13,15H,11-12H2,1-5H3,(H,19,21);1H2/t15-;/m0./s1. The Bertz CT molecular complexity index is 512. The number of carbonyl (C=O) groups is 2. The third-order valence-corrected chi connectivity index (χ3v) is 2.91. The minimum Gasteiger partial charge on any atom is -0.459 e. The minimum atomic E-state index is -0.714. The molecule has 0 fully saturated rings. The highest BCUT2D eigenvalue weighted by molar-refractivity contribution is 7.59. The average molecular weight is 356 g/mol. The minimum absolute atomic E-state index is 0. The van der Waals surface area contributed by atoms with Gasteiger partial charge in [-0.3, -0.25) is 0 Å². The molecular weight excluding hydrogens is 326 g/mol. The van der Waals surface area contributed by atoms with E-state index in [1.807, 2.05) is 44.2 Å². The Morgan fingerprint density at radius 1 is 1.12 bits per heavy atom. The summed E-state index contributed by atoms with van der Waals surface area (Å²) < 4.78 is 10.5. The van der Waals surface area contributed by atoms with Gasteiger partial charge in [-0.1, -0.05) is 44.2 Å². The molecule has 1 aromatic rings. The van der Waals surface area contributed by atoms with Gasteiger partial charge in [0.05, 0.1) is 0 Å². The Labute approximate surface area is 151 Å². The van der Waals surface area contributed by atoms with E-state index in [1.165, 1.54) is 0 Å². The first-order chi connectivity index (χ1) is 10.7. The van der Waals surface area contributed by atoms with Gasteiger partial charge in [-0.15, -0.1) is 0 Å². The number of nitrogens with one attached hydrogen (secondary N) is 1. The highest BCUT2D eigenvalue weighted by atomic mass is 32.1. The van der Waals surface area contributed by atoms with Crippen LogP contribution >= 0.6 is 13.5 Å². The van der Waals surface area contributed by atoms with Crippen LogP contribution in [-0.2, 0) is 20.9 Å². The van der Waals surface area contributed by atoms with Crippen molar-refractivity contribution in [2.45, 2.75) is 59.3 Å². The number of carbonyl (C=O) groups excluding carboxylic acids is 2. The predicted molar refractivity (Wildman–Crippen MR) is 99.2 cm³/mol. The Morgan fingerprint density at radius 3 is 2.21 bits per heavy atom. The van der Waals surface area contributed by atoms with Crippen LogP contribution in [0.3, 0.4) is 0 Å². The number of ether oxygens (including phenoxy) is 2. The van der Waals surface area contributed by atoms with Gasteiger partial charge in [-0.2, -0.15) is 13.5 Å².